The van der Waals surface area contributed by atoms with Gasteiger partial charge in [-0.15, -0.1) is 0 Å². The van der Waals surface area contributed by atoms with Gasteiger partial charge in [0.25, 0.3) is 11.5 Å². The van der Waals surface area contributed by atoms with Crippen LogP contribution in [0.5, 0.6) is 0 Å². The molecular weight excluding hydrogens is 425 g/mol. The monoisotopic (exact) mass is 439 g/mol. The van der Waals surface area contributed by atoms with Crippen molar-refractivity contribution in [3.8, 4) is 5.69 Å². The molecule has 7 nitrogen and oxygen atoms in total. The van der Waals surface area contributed by atoms with Gasteiger partial charge in [0.15, 0.2) is 0 Å². The predicted octanol–water partition coefficient (Wildman–Crippen LogP) is 3.11. The van der Waals surface area contributed by atoms with Crippen LogP contribution in [0, 0.1) is 5.82 Å². The number of hydroxylamine groups is 1. The highest BCUT2D eigenvalue weighted by Crippen LogP contribution is 2.18. The minimum absolute atomic E-state index is 0.0332. The van der Waals surface area contributed by atoms with E-state index in [9.17, 15) is 18.8 Å². The molecule has 3 aromatic carbocycles. The summed E-state index contributed by atoms with van der Waals surface area (Å²) in [5, 5.41) is 9.27. The van der Waals surface area contributed by atoms with Gasteiger partial charge in [0.2, 0.25) is 0 Å². The molecule has 0 radical (unpaired) electrons. The molecule has 1 amide bonds. The Kier molecular flexibility index (Phi) is 5.41. The summed E-state index contributed by atoms with van der Waals surface area (Å²) in [6, 6.07) is 16.2. The fraction of sp³-hybridized carbons (Fsp3) is 0.0455. The molecule has 0 saturated carbocycles. The number of carbonyl (C=O) groups is 1. The van der Waals surface area contributed by atoms with Crippen molar-refractivity contribution in [2.45, 2.75) is 6.54 Å². The Morgan fingerprint density at radius 3 is 2.42 bits per heavy atom. The highest BCUT2D eigenvalue weighted by atomic mass is 35.5. The molecule has 156 valence electrons. The highest BCUT2D eigenvalue weighted by molar-refractivity contribution is 6.31. The summed E-state index contributed by atoms with van der Waals surface area (Å²) in [5.41, 5.74) is 1.16. The topological polar surface area (TPSA) is 93.3 Å². The first-order chi connectivity index (χ1) is 14.9. The standard InChI is InChI=1S/C22H15ClFN3O4/c23-15-9-10-16-19(11-15)26(12-13-5-7-14(8-6-13)20(28)25-31)22(30)27(21(16)29)18-4-2-1-3-17(18)24/h1-11,31H,12H2,(H,25,28). The maximum Gasteiger partial charge on any atom is 0.336 e. The second-order valence-corrected chi connectivity index (χ2v) is 7.20. The van der Waals surface area contributed by atoms with Gasteiger partial charge in [-0.1, -0.05) is 35.9 Å². The van der Waals surface area contributed by atoms with Gasteiger partial charge in [-0.25, -0.2) is 19.2 Å². The highest BCUT2D eigenvalue weighted by Gasteiger charge is 2.17. The maximum absolute atomic E-state index is 14.4. The third-order valence-electron chi connectivity index (χ3n) is 4.86. The number of aromatic nitrogens is 2. The minimum Gasteiger partial charge on any atom is -0.288 e. The van der Waals surface area contributed by atoms with E-state index in [1.54, 1.807) is 17.6 Å². The number of fused-ring (bicyclic) bond motifs is 1. The van der Waals surface area contributed by atoms with Crippen molar-refractivity contribution in [1.29, 1.82) is 0 Å². The third-order valence-corrected chi connectivity index (χ3v) is 5.09. The van der Waals surface area contributed by atoms with Gasteiger partial charge in [0, 0.05) is 10.6 Å². The number of nitrogens with zero attached hydrogens (tertiary/aromatic N) is 2. The van der Waals surface area contributed by atoms with Gasteiger partial charge in [-0.2, -0.15) is 0 Å². The molecule has 0 saturated heterocycles. The molecule has 4 rings (SSSR count). The number of hydrogen-bond donors (Lipinski definition) is 2. The molecule has 31 heavy (non-hydrogen) atoms. The zero-order valence-electron chi connectivity index (χ0n) is 15.9. The van der Waals surface area contributed by atoms with Gasteiger partial charge in [0.1, 0.15) is 5.82 Å². The van der Waals surface area contributed by atoms with Crippen LogP contribution < -0.4 is 16.7 Å². The maximum atomic E-state index is 14.4. The normalized spacial score (nSPS) is 10.9. The second-order valence-electron chi connectivity index (χ2n) is 6.76. The number of nitrogens with one attached hydrogen (secondary N) is 1. The van der Waals surface area contributed by atoms with Crippen LogP contribution in [0.1, 0.15) is 15.9 Å². The Bertz CT molecular complexity index is 1430. The molecule has 1 aromatic heterocycles. The predicted molar refractivity (Wildman–Crippen MR) is 114 cm³/mol. The number of carbonyl (C=O) groups excluding carboxylic acids is 1. The van der Waals surface area contributed by atoms with Crippen LogP contribution in [-0.2, 0) is 6.54 Å². The van der Waals surface area contributed by atoms with Crippen LogP contribution in [0.2, 0.25) is 5.02 Å². The molecule has 0 spiro atoms. The summed E-state index contributed by atoms with van der Waals surface area (Å²) < 4.78 is 16.5. The number of amides is 1. The first-order valence-electron chi connectivity index (χ1n) is 9.14. The summed E-state index contributed by atoms with van der Waals surface area (Å²) in [4.78, 5) is 37.9. The van der Waals surface area contributed by atoms with E-state index in [-0.39, 0.29) is 23.2 Å². The lowest BCUT2D eigenvalue weighted by molar-refractivity contribution is 0.0706. The molecule has 2 N–H and O–H groups in total. The van der Waals surface area contributed by atoms with Gasteiger partial charge in [-0.3, -0.25) is 19.4 Å². The smallest absolute Gasteiger partial charge is 0.288 e. The lowest BCUT2D eigenvalue weighted by Gasteiger charge is -2.15. The van der Waals surface area contributed by atoms with Crippen molar-refractivity contribution in [2.75, 3.05) is 0 Å². The Hall–Kier alpha value is -3.75. The van der Waals surface area contributed by atoms with Gasteiger partial charge in [-0.05, 0) is 48.0 Å². The van der Waals surface area contributed by atoms with Gasteiger partial charge < -0.3 is 0 Å². The molecule has 0 bridgehead atoms. The second kappa shape index (κ2) is 8.17. The molecule has 4 aromatic rings. The van der Waals surface area contributed by atoms with Crippen LogP contribution in [0.4, 0.5) is 4.39 Å². The van der Waals surface area contributed by atoms with Crippen LogP contribution in [0.15, 0.2) is 76.3 Å². The average molecular weight is 440 g/mol. The zero-order valence-corrected chi connectivity index (χ0v) is 16.6. The summed E-state index contributed by atoms with van der Waals surface area (Å²) in [7, 11) is 0. The van der Waals surface area contributed by atoms with Crippen molar-refractivity contribution in [3.63, 3.8) is 0 Å². The summed E-state index contributed by atoms with van der Waals surface area (Å²) in [6.07, 6.45) is 0. The van der Waals surface area contributed by atoms with Crippen LogP contribution in [0.25, 0.3) is 16.6 Å². The largest absolute Gasteiger partial charge is 0.336 e. The molecule has 0 atom stereocenters. The van der Waals surface area contributed by atoms with Crippen LogP contribution in [0.3, 0.4) is 0 Å². The van der Waals surface area contributed by atoms with Crippen molar-refractivity contribution in [3.05, 3.63) is 110 Å². The van der Waals surface area contributed by atoms with Crippen molar-refractivity contribution >= 4 is 28.4 Å². The van der Waals surface area contributed by atoms with Crippen molar-refractivity contribution in [1.82, 2.24) is 14.6 Å². The first kappa shape index (κ1) is 20.5. The average Bonchev–Trinajstić information content (AvgIpc) is 2.77. The Morgan fingerprint density at radius 2 is 1.74 bits per heavy atom. The molecule has 0 aliphatic carbocycles. The number of halogens is 2. The van der Waals surface area contributed by atoms with E-state index in [4.69, 9.17) is 16.8 Å². The Balaban J connectivity index is 1.95. The molecule has 0 fully saturated rings. The van der Waals surface area contributed by atoms with Crippen molar-refractivity contribution < 1.29 is 14.4 Å². The Labute approximate surface area is 179 Å². The van der Waals surface area contributed by atoms with E-state index in [1.807, 2.05) is 0 Å². The zero-order chi connectivity index (χ0) is 22.1. The number of benzene rings is 3. The van der Waals surface area contributed by atoms with E-state index in [0.29, 0.717) is 16.1 Å². The summed E-state index contributed by atoms with van der Waals surface area (Å²) >= 11 is 6.10. The molecule has 1 heterocycles. The fourth-order valence-electron chi connectivity index (χ4n) is 3.35. The minimum atomic E-state index is -0.734. The van der Waals surface area contributed by atoms with E-state index >= 15 is 0 Å². The fourth-order valence-corrected chi connectivity index (χ4v) is 3.51. The number of para-hydroxylation sites is 1. The van der Waals surface area contributed by atoms with Gasteiger partial charge in [0.05, 0.1) is 23.1 Å². The molecule has 9 heteroatoms. The molecule has 0 aliphatic rings. The Morgan fingerprint density at radius 1 is 1.03 bits per heavy atom. The van der Waals surface area contributed by atoms with Crippen LogP contribution in [-0.4, -0.2) is 20.2 Å². The summed E-state index contributed by atoms with van der Waals surface area (Å²) in [5.74, 6) is -1.38. The van der Waals surface area contributed by atoms with E-state index in [2.05, 4.69) is 0 Å². The van der Waals surface area contributed by atoms with E-state index < -0.39 is 23.0 Å². The van der Waals surface area contributed by atoms with Gasteiger partial charge >= 0.3 is 5.69 Å². The van der Waals surface area contributed by atoms with Crippen LogP contribution >= 0.6 is 11.6 Å². The lowest BCUT2D eigenvalue weighted by Crippen LogP contribution is -2.39. The first-order valence-corrected chi connectivity index (χ1v) is 9.52. The quantitative estimate of drug-likeness (QED) is 0.377. The van der Waals surface area contributed by atoms with E-state index in [1.165, 1.54) is 59.2 Å². The molecule has 0 unspecified atom stereocenters. The number of rotatable bonds is 4. The molecular formula is C22H15ClFN3O4. The van der Waals surface area contributed by atoms with E-state index in [0.717, 1.165) is 4.57 Å². The molecule has 0 aliphatic heterocycles. The SMILES string of the molecule is O=C(NO)c1ccc(Cn2c(=O)n(-c3ccccc3F)c(=O)c3ccc(Cl)cc32)cc1. The lowest BCUT2D eigenvalue weighted by atomic mass is 10.1. The summed E-state index contributed by atoms with van der Waals surface area (Å²) in [6.45, 7) is 0.0332. The number of hydrogen-bond acceptors (Lipinski definition) is 4. The van der Waals surface area contributed by atoms with Crippen molar-refractivity contribution in [2.24, 2.45) is 0 Å². The third kappa shape index (κ3) is 3.74.